The molecule has 7 heteroatoms. The summed E-state index contributed by atoms with van der Waals surface area (Å²) in [5.41, 5.74) is 7.08. The summed E-state index contributed by atoms with van der Waals surface area (Å²) in [4.78, 5) is 18.3. The van der Waals surface area contributed by atoms with Gasteiger partial charge < -0.3 is 5.32 Å². The molecule has 2 aromatic rings. The van der Waals surface area contributed by atoms with Crippen LogP contribution in [0.2, 0.25) is 0 Å². The molecule has 0 unspecified atom stereocenters. The number of fused-ring (bicyclic) bond motifs is 4. The molecule has 2 atom stereocenters. The van der Waals surface area contributed by atoms with E-state index in [2.05, 4.69) is 23.3 Å². The Morgan fingerprint density at radius 3 is 2.67 bits per heavy atom. The molecule has 0 saturated heterocycles. The van der Waals surface area contributed by atoms with Crippen LogP contribution in [0.4, 0.5) is 4.39 Å². The standard InChI is InChI=1S/C32H27FN2O3S/c1-19-3-4-21(13-16-39(37)38)23-10-12-26-31-24(20-5-7-22(33)8-6-20)9-11-25(28-18-34-14-2-15-35-28)27(31)17-29(36)32(26)30(19)23/h2-8,10-12,14-15,17-19,24,35,39H,9,13,16H2,1H3/t19-,24-/m0/s1. The number of hydrogen-bond donors (Lipinski definition) is 2. The van der Waals surface area contributed by atoms with Crippen molar-refractivity contribution in [2.75, 3.05) is 5.75 Å². The fourth-order valence-corrected chi connectivity index (χ4v) is 6.44. The molecule has 0 amide bonds. The third-order valence-corrected chi connectivity index (χ3v) is 8.36. The summed E-state index contributed by atoms with van der Waals surface area (Å²) in [6.45, 7) is 2.06. The van der Waals surface area contributed by atoms with Gasteiger partial charge in [0.05, 0.1) is 17.6 Å². The van der Waals surface area contributed by atoms with Gasteiger partial charge >= 0.3 is 0 Å². The fourth-order valence-electron chi connectivity index (χ4n) is 6.01. The molecule has 0 aromatic heterocycles. The molecule has 6 rings (SSSR count). The third kappa shape index (κ3) is 4.57. The first-order chi connectivity index (χ1) is 18.9. The third-order valence-electron chi connectivity index (χ3n) is 7.77. The van der Waals surface area contributed by atoms with Crippen molar-refractivity contribution >= 4 is 33.8 Å². The molecule has 2 aromatic carbocycles. The molecule has 0 bridgehead atoms. The maximum Gasteiger partial charge on any atom is 0.187 e. The SMILES string of the molecule is C[C@H]1C=CC(CC[SH](=O)=O)=c2ccc3c(c21)C(=O)C=C1C(C2=CN=CC=CN2)=CC[C@@H](c2ccc(F)cc2)C=31. The predicted molar refractivity (Wildman–Crippen MR) is 153 cm³/mol. The summed E-state index contributed by atoms with van der Waals surface area (Å²) in [6, 6.07) is 10.6. The van der Waals surface area contributed by atoms with E-state index in [1.807, 2.05) is 48.7 Å². The molecule has 1 N–H and O–H groups in total. The van der Waals surface area contributed by atoms with Crippen molar-refractivity contribution in [3.8, 4) is 0 Å². The number of nitrogens with zero attached hydrogens (tertiary/aromatic N) is 1. The number of thiol groups is 1. The lowest BCUT2D eigenvalue weighted by molar-refractivity contribution is 0.104. The summed E-state index contributed by atoms with van der Waals surface area (Å²) in [6.07, 6.45) is 16.0. The lowest BCUT2D eigenvalue weighted by Crippen LogP contribution is -2.34. The van der Waals surface area contributed by atoms with Crippen molar-refractivity contribution in [2.45, 2.75) is 31.6 Å². The quantitative estimate of drug-likeness (QED) is 0.563. The van der Waals surface area contributed by atoms with Crippen molar-refractivity contribution in [1.29, 1.82) is 0 Å². The van der Waals surface area contributed by atoms with Gasteiger partial charge in [-0.15, -0.1) is 0 Å². The van der Waals surface area contributed by atoms with Gasteiger partial charge in [-0.3, -0.25) is 9.79 Å². The van der Waals surface area contributed by atoms with Crippen molar-refractivity contribution in [2.24, 2.45) is 4.99 Å². The Balaban J connectivity index is 1.63. The van der Waals surface area contributed by atoms with Gasteiger partial charge in [0.1, 0.15) is 16.5 Å². The average Bonchev–Trinajstić information content (AvgIpc) is 3.22. The van der Waals surface area contributed by atoms with Gasteiger partial charge in [-0.05, 0) is 75.4 Å². The van der Waals surface area contributed by atoms with Gasteiger partial charge in [-0.1, -0.05) is 49.4 Å². The molecule has 5 nitrogen and oxygen atoms in total. The second kappa shape index (κ2) is 10.2. The Hall–Kier alpha value is -4.10. The van der Waals surface area contributed by atoms with E-state index < -0.39 is 10.7 Å². The second-order valence-electron chi connectivity index (χ2n) is 10.1. The van der Waals surface area contributed by atoms with Gasteiger partial charge in [0, 0.05) is 35.4 Å². The number of carbonyl (C=O) groups is 1. The van der Waals surface area contributed by atoms with E-state index in [4.69, 9.17) is 0 Å². The van der Waals surface area contributed by atoms with Gasteiger partial charge in [-0.2, -0.15) is 0 Å². The molecule has 1 heterocycles. The Morgan fingerprint density at radius 1 is 1.08 bits per heavy atom. The molecule has 0 saturated carbocycles. The Bertz CT molecular complexity index is 1780. The van der Waals surface area contributed by atoms with Crippen LogP contribution in [0.25, 0.3) is 11.1 Å². The highest BCUT2D eigenvalue weighted by atomic mass is 32.2. The first-order valence-corrected chi connectivity index (χ1v) is 14.4. The minimum absolute atomic E-state index is 0.00667. The Kier molecular flexibility index (Phi) is 6.61. The van der Waals surface area contributed by atoms with E-state index in [1.165, 1.54) is 12.1 Å². The average molecular weight is 539 g/mol. The van der Waals surface area contributed by atoms with Crippen LogP contribution in [0.3, 0.4) is 0 Å². The zero-order chi connectivity index (χ0) is 27.1. The number of nitrogens with one attached hydrogen (secondary N) is 1. The van der Waals surface area contributed by atoms with E-state index in [0.29, 0.717) is 18.4 Å². The summed E-state index contributed by atoms with van der Waals surface area (Å²) in [5, 5.41) is 5.09. The van der Waals surface area contributed by atoms with Crippen LogP contribution in [-0.4, -0.2) is 26.2 Å². The number of halogens is 1. The fraction of sp³-hybridized carbons (Fsp3) is 0.188. The molecule has 0 fully saturated rings. The van der Waals surface area contributed by atoms with Crippen LogP contribution in [-0.2, 0) is 10.7 Å². The molecule has 39 heavy (non-hydrogen) atoms. The number of rotatable bonds is 5. The minimum Gasteiger partial charge on any atom is -0.360 e. The van der Waals surface area contributed by atoms with Crippen molar-refractivity contribution in [3.63, 3.8) is 0 Å². The van der Waals surface area contributed by atoms with Crippen molar-refractivity contribution in [3.05, 3.63) is 129 Å². The number of benzene rings is 2. The summed E-state index contributed by atoms with van der Waals surface area (Å²) >= 11 is 0. The van der Waals surface area contributed by atoms with Gasteiger partial charge in [0.2, 0.25) is 0 Å². The second-order valence-corrected chi connectivity index (χ2v) is 11.2. The first kappa shape index (κ1) is 25.2. The zero-order valence-corrected chi connectivity index (χ0v) is 22.3. The highest BCUT2D eigenvalue weighted by molar-refractivity contribution is 7.72. The molecule has 4 aliphatic rings. The zero-order valence-electron chi connectivity index (χ0n) is 21.4. The van der Waals surface area contributed by atoms with E-state index in [1.54, 1.807) is 18.5 Å². The summed E-state index contributed by atoms with van der Waals surface area (Å²) in [5.74, 6) is -0.377. The first-order valence-electron chi connectivity index (χ1n) is 13.0. The number of carbonyl (C=O) groups excluding carboxylic acids is 1. The monoisotopic (exact) mass is 538 g/mol. The van der Waals surface area contributed by atoms with E-state index in [0.717, 1.165) is 49.6 Å². The van der Waals surface area contributed by atoms with Crippen LogP contribution < -0.4 is 15.8 Å². The van der Waals surface area contributed by atoms with Crippen LogP contribution in [0.5, 0.6) is 0 Å². The molecule has 3 aliphatic carbocycles. The number of ketones is 1. The lowest BCUT2D eigenvalue weighted by atomic mass is 9.71. The Labute approximate surface area is 227 Å². The number of aliphatic imine (C=N–C) groups is 1. The number of allylic oxidation sites excluding steroid dienone is 6. The maximum atomic E-state index is 13.9. The van der Waals surface area contributed by atoms with Crippen LogP contribution in [0.1, 0.15) is 53.1 Å². The minimum atomic E-state index is -2.50. The van der Waals surface area contributed by atoms with Crippen molar-refractivity contribution < 1.29 is 17.6 Å². The van der Waals surface area contributed by atoms with E-state index in [9.17, 15) is 17.6 Å². The van der Waals surface area contributed by atoms with Crippen LogP contribution >= 0.6 is 0 Å². The van der Waals surface area contributed by atoms with E-state index >= 15 is 0 Å². The van der Waals surface area contributed by atoms with Gasteiger partial charge in [0.15, 0.2) is 5.78 Å². The lowest BCUT2D eigenvalue weighted by Gasteiger charge is -2.33. The molecule has 0 radical (unpaired) electrons. The molecular formula is C32H27FN2O3S. The Morgan fingerprint density at radius 2 is 1.87 bits per heavy atom. The molecular weight excluding hydrogens is 511 g/mol. The summed E-state index contributed by atoms with van der Waals surface area (Å²) in [7, 11) is -2.50. The normalized spacial score (nSPS) is 21.4. The maximum absolute atomic E-state index is 13.9. The van der Waals surface area contributed by atoms with Gasteiger partial charge in [0.25, 0.3) is 0 Å². The van der Waals surface area contributed by atoms with Crippen molar-refractivity contribution in [1.82, 2.24) is 5.32 Å². The smallest absolute Gasteiger partial charge is 0.187 e. The number of hydrogen-bond acceptors (Lipinski definition) is 5. The molecule has 1 aliphatic heterocycles. The highest BCUT2D eigenvalue weighted by Gasteiger charge is 2.34. The van der Waals surface area contributed by atoms with Crippen LogP contribution in [0.15, 0.2) is 101 Å². The largest absolute Gasteiger partial charge is 0.360 e. The summed E-state index contributed by atoms with van der Waals surface area (Å²) < 4.78 is 36.5. The molecule has 196 valence electrons. The topological polar surface area (TPSA) is 75.6 Å². The molecule has 0 spiro atoms. The van der Waals surface area contributed by atoms with E-state index in [-0.39, 0.29) is 29.2 Å². The highest BCUT2D eigenvalue weighted by Crippen LogP contribution is 2.44. The predicted octanol–water partition coefficient (Wildman–Crippen LogP) is 4.07. The van der Waals surface area contributed by atoms with Crippen LogP contribution in [0, 0.1) is 5.82 Å². The van der Waals surface area contributed by atoms with Gasteiger partial charge in [-0.25, -0.2) is 12.8 Å².